The molecule has 1 aliphatic heterocycles. The summed E-state index contributed by atoms with van der Waals surface area (Å²) in [6.45, 7) is 3.95. The molecule has 3 aromatic rings. The van der Waals surface area contributed by atoms with Crippen LogP contribution >= 0.6 is 0 Å². The number of fused-ring (bicyclic) bond motifs is 1. The maximum atomic E-state index is 12.8. The topological polar surface area (TPSA) is 95.6 Å². The van der Waals surface area contributed by atoms with E-state index in [0.717, 1.165) is 11.1 Å². The van der Waals surface area contributed by atoms with Crippen LogP contribution in [0.25, 0.3) is 0 Å². The third-order valence-electron chi connectivity index (χ3n) is 5.63. The molecule has 0 atom stereocenters. The second kappa shape index (κ2) is 9.70. The molecule has 0 aromatic heterocycles. The molecule has 0 spiro atoms. The lowest BCUT2D eigenvalue weighted by Gasteiger charge is -2.14. The van der Waals surface area contributed by atoms with E-state index >= 15 is 0 Å². The van der Waals surface area contributed by atoms with Crippen LogP contribution in [0.3, 0.4) is 0 Å². The van der Waals surface area contributed by atoms with Gasteiger partial charge in [-0.05, 0) is 62.2 Å². The van der Waals surface area contributed by atoms with E-state index in [-0.39, 0.29) is 36.6 Å². The number of carbonyl (C=O) groups excluding carboxylic acids is 4. The SMILES string of the molecule is Cc1cccc(NC(=O)c2ccccc2NC(=O)CCCN2C(=O)c3ccc(C)cc3C2=O)c1. The van der Waals surface area contributed by atoms with Crippen LogP contribution in [0, 0.1) is 13.8 Å². The molecule has 4 amide bonds. The van der Waals surface area contributed by atoms with E-state index in [1.54, 1.807) is 48.5 Å². The molecule has 2 N–H and O–H groups in total. The maximum Gasteiger partial charge on any atom is 0.261 e. The zero-order chi connectivity index (χ0) is 24.2. The van der Waals surface area contributed by atoms with Crippen LogP contribution in [0.4, 0.5) is 11.4 Å². The van der Waals surface area contributed by atoms with E-state index in [9.17, 15) is 19.2 Å². The zero-order valence-electron chi connectivity index (χ0n) is 19.1. The van der Waals surface area contributed by atoms with Gasteiger partial charge in [-0.25, -0.2) is 0 Å². The highest BCUT2D eigenvalue weighted by atomic mass is 16.2. The predicted octanol–water partition coefficient (Wildman–Crippen LogP) is 4.57. The average Bonchev–Trinajstić information content (AvgIpc) is 3.03. The van der Waals surface area contributed by atoms with Crippen LogP contribution in [0.15, 0.2) is 66.7 Å². The minimum Gasteiger partial charge on any atom is -0.325 e. The number of imide groups is 1. The highest BCUT2D eigenvalue weighted by Gasteiger charge is 2.35. The third-order valence-corrected chi connectivity index (χ3v) is 5.63. The number of nitrogens with zero attached hydrogens (tertiary/aromatic N) is 1. The van der Waals surface area contributed by atoms with Crippen molar-refractivity contribution >= 4 is 35.0 Å². The van der Waals surface area contributed by atoms with Crippen molar-refractivity contribution in [1.82, 2.24) is 4.90 Å². The number of anilines is 2. The van der Waals surface area contributed by atoms with E-state index in [1.165, 1.54) is 4.90 Å². The first-order chi connectivity index (χ1) is 16.3. The quantitative estimate of drug-likeness (QED) is 0.510. The highest BCUT2D eigenvalue weighted by Crippen LogP contribution is 2.24. The number of nitrogens with one attached hydrogen (secondary N) is 2. The summed E-state index contributed by atoms with van der Waals surface area (Å²) in [4.78, 5) is 51.6. The smallest absolute Gasteiger partial charge is 0.261 e. The van der Waals surface area contributed by atoms with Gasteiger partial charge in [0.15, 0.2) is 0 Å². The van der Waals surface area contributed by atoms with Crippen molar-refractivity contribution in [2.24, 2.45) is 0 Å². The van der Waals surface area contributed by atoms with Gasteiger partial charge < -0.3 is 10.6 Å². The van der Waals surface area contributed by atoms with Gasteiger partial charge in [0.2, 0.25) is 5.91 Å². The molecule has 7 nitrogen and oxygen atoms in total. The van der Waals surface area contributed by atoms with Gasteiger partial charge in [-0.2, -0.15) is 0 Å². The summed E-state index contributed by atoms with van der Waals surface area (Å²) < 4.78 is 0. The van der Waals surface area contributed by atoms with Crippen molar-refractivity contribution in [2.45, 2.75) is 26.7 Å². The number of rotatable bonds is 7. The number of benzene rings is 3. The van der Waals surface area contributed by atoms with Gasteiger partial charge in [-0.15, -0.1) is 0 Å². The van der Waals surface area contributed by atoms with Crippen LogP contribution in [0.5, 0.6) is 0 Å². The van der Waals surface area contributed by atoms with Gasteiger partial charge >= 0.3 is 0 Å². The molecule has 4 rings (SSSR count). The largest absolute Gasteiger partial charge is 0.325 e. The van der Waals surface area contributed by atoms with Crippen molar-refractivity contribution in [3.63, 3.8) is 0 Å². The van der Waals surface area contributed by atoms with Gasteiger partial charge in [0, 0.05) is 18.7 Å². The van der Waals surface area contributed by atoms with Crippen molar-refractivity contribution in [2.75, 3.05) is 17.2 Å². The van der Waals surface area contributed by atoms with E-state index in [1.807, 2.05) is 32.0 Å². The summed E-state index contributed by atoms with van der Waals surface area (Å²) in [5.74, 6) is -1.30. The molecule has 1 heterocycles. The minimum absolute atomic E-state index is 0.0975. The molecule has 3 aromatic carbocycles. The van der Waals surface area contributed by atoms with Gasteiger partial charge in [0.1, 0.15) is 0 Å². The molecule has 0 bridgehead atoms. The fourth-order valence-electron chi connectivity index (χ4n) is 3.93. The number of hydrogen-bond acceptors (Lipinski definition) is 4. The Morgan fingerprint density at radius 2 is 1.53 bits per heavy atom. The summed E-state index contributed by atoms with van der Waals surface area (Å²) in [7, 11) is 0. The van der Waals surface area contributed by atoms with Gasteiger partial charge in [-0.1, -0.05) is 35.9 Å². The molecule has 0 fully saturated rings. The van der Waals surface area contributed by atoms with Crippen LogP contribution in [-0.2, 0) is 4.79 Å². The molecule has 0 aliphatic carbocycles. The molecule has 0 saturated heterocycles. The normalized spacial score (nSPS) is 12.5. The summed E-state index contributed by atoms with van der Waals surface area (Å²) >= 11 is 0. The first-order valence-electron chi connectivity index (χ1n) is 11.1. The third kappa shape index (κ3) is 4.88. The van der Waals surface area contributed by atoms with Crippen molar-refractivity contribution in [3.05, 3.63) is 94.5 Å². The number of carbonyl (C=O) groups is 4. The summed E-state index contributed by atoms with van der Waals surface area (Å²) in [5.41, 5.74) is 4.14. The van der Waals surface area contributed by atoms with Crippen LogP contribution in [-0.4, -0.2) is 35.1 Å². The van der Waals surface area contributed by atoms with Crippen molar-refractivity contribution in [3.8, 4) is 0 Å². The first-order valence-corrected chi connectivity index (χ1v) is 11.1. The monoisotopic (exact) mass is 455 g/mol. The molecular weight excluding hydrogens is 430 g/mol. The van der Waals surface area contributed by atoms with Crippen LogP contribution in [0.2, 0.25) is 0 Å². The number of hydrogen-bond donors (Lipinski definition) is 2. The Kier molecular flexibility index (Phi) is 6.54. The molecule has 0 saturated carbocycles. The Hall–Kier alpha value is -4.26. The molecule has 1 aliphatic rings. The lowest BCUT2D eigenvalue weighted by atomic mass is 10.1. The Morgan fingerprint density at radius 1 is 0.794 bits per heavy atom. The molecule has 34 heavy (non-hydrogen) atoms. The summed E-state index contributed by atoms with van der Waals surface area (Å²) in [6, 6.07) is 19.4. The molecule has 0 unspecified atom stereocenters. The van der Waals surface area contributed by atoms with Crippen molar-refractivity contribution in [1.29, 1.82) is 0 Å². The molecule has 0 radical (unpaired) electrons. The summed E-state index contributed by atoms with van der Waals surface area (Å²) in [5, 5.41) is 5.62. The number of amides is 4. The maximum absolute atomic E-state index is 12.8. The lowest BCUT2D eigenvalue weighted by Crippen LogP contribution is -2.31. The zero-order valence-corrected chi connectivity index (χ0v) is 19.1. The van der Waals surface area contributed by atoms with E-state index in [4.69, 9.17) is 0 Å². The predicted molar refractivity (Wildman–Crippen MR) is 130 cm³/mol. The first kappa shape index (κ1) is 22.9. The Balaban J connectivity index is 1.35. The van der Waals surface area contributed by atoms with Gasteiger partial charge in [-0.3, -0.25) is 24.1 Å². The Bertz CT molecular complexity index is 1300. The fraction of sp³-hybridized carbons (Fsp3) is 0.185. The van der Waals surface area contributed by atoms with Crippen LogP contribution < -0.4 is 10.6 Å². The van der Waals surface area contributed by atoms with E-state index < -0.39 is 0 Å². The molecular formula is C27H25N3O4. The second-order valence-electron chi connectivity index (χ2n) is 8.33. The van der Waals surface area contributed by atoms with E-state index in [2.05, 4.69) is 10.6 Å². The highest BCUT2D eigenvalue weighted by molar-refractivity contribution is 6.21. The lowest BCUT2D eigenvalue weighted by molar-refractivity contribution is -0.116. The fourth-order valence-corrected chi connectivity index (χ4v) is 3.93. The molecule has 172 valence electrons. The standard InChI is InChI=1S/C27H25N3O4/c1-17-7-5-8-19(15-17)28-25(32)21-9-3-4-10-23(21)29-24(31)11-6-14-30-26(33)20-13-12-18(2)16-22(20)27(30)34/h3-5,7-10,12-13,15-16H,6,11,14H2,1-2H3,(H,28,32)(H,29,31). The number of aryl methyl sites for hydroxylation is 2. The Labute approximate surface area is 197 Å². The minimum atomic E-state index is -0.335. The van der Waals surface area contributed by atoms with Gasteiger partial charge in [0.25, 0.3) is 17.7 Å². The summed E-state index contributed by atoms with van der Waals surface area (Å²) in [6.07, 6.45) is 0.411. The average molecular weight is 456 g/mol. The van der Waals surface area contributed by atoms with Gasteiger partial charge in [0.05, 0.1) is 22.4 Å². The van der Waals surface area contributed by atoms with E-state index in [0.29, 0.717) is 34.5 Å². The second-order valence-corrected chi connectivity index (χ2v) is 8.33. The van der Waals surface area contributed by atoms with Crippen molar-refractivity contribution < 1.29 is 19.2 Å². The molecule has 7 heteroatoms. The number of para-hydroxylation sites is 1. The van der Waals surface area contributed by atoms with Crippen LogP contribution in [0.1, 0.15) is 55.0 Å². The Morgan fingerprint density at radius 3 is 2.32 bits per heavy atom.